The minimum absolute atomic E-state index is 0.295. The molecular formula is C20H18Cl2N2O3S. The molecule has 3 rings (SSSR count). The Bertz CT molecular complexity index is 978. The molecular weight excluding hydrogens is 419 g/mol. The van der Waals surface area contributed by atoms with Crippen molar-refractivity contribution in [2.45, 2.75) is 19.4 Å². The van der Waals surface area contributed by atoms with E-state index >= 15 is 0 Å². The topological polar surface area (TPSA) is 60.5 Å². The van der Waals surface area contributed by atoms with Gasteiger partial charge < -0.3 is 9.47 Å². The fourth-order valence-electron chi connectivity index (χ4n) is 2.47. The number of hydrogen-bond acceptors (Lipinski definition) is 5. The van der Waals surface area contributed by atoms with Gasteiger partial charge in [0.2, 0.25) is 0 Å². The third-order valence-electron chi connectivity index (χ3n) is 3.91. The number of carbonyl (C=O) groups excluding carboxylic acids is 1. The summed E-state index contributed by atoms with van der Waals surface area (Å²) in [5.74, 6) is 0.778. The molecule has 0 aliphatic rings. The van der Waals surface area contributed by atoms with Gasteiger partial charge in [0.25, 0.3) is 5.91 Å². The van der Waals surface area contributed by atoms with Gasteiger partial charge in [-0.3, -0.25) is 10.1 Å². The summed E-state index contributed by atoms with van der Waals surface area (Å²) in [6.07, 6.45) is 1.61. The fraction of sp³-hybridized carbons (Fsp3) is 0.200. The van der Waals surface area contributed by atoms with Crippen LogP contribution in [-0.2, 0) is 11.2 Å². The number of halogens is 2. The smallest absolute Gasteiger partial charge is 0.266 e. The summed E-state index contributed by atoms with van der Waals surface area (Å²) < 4.78 is 10.9. The van der Waals surface area contributed by atoms with E-state index in [-0.39, 0.29) is 5.91 Å². The first-order valence-corrected chi connectivity index (χ1v) is 10.0. The second-order valence-electron chi connectivity index (χ2n) is 5.94. The van der Waals surface area contributed by atoms with E-state index in [9.17, 15) is 4.79 Å². The molecule has 1 heterocycles. The molecule has 1 unspecified atom stereocenters. The largest absolute Gasteiger partial charge is 0.493 e. The predicted octanol–water partition coefficient (Wildman–Crippen LogP) is 5.46. The molecule has 1 aromatic heterocycles. The number of hydrogen-bond donors (Lipinski definition) is 1. The number of ether oxygens (including phenoxy) is 2. The molecule has 8 heteroatoms. The van der Waals surface area contributed by atoms with Crippen LogP contribution in [0.5, 0.6) is 11.5 Å². The van der Waals surface area contributed by atoms with Gasteiger partial charge in [-0.2, -0.15) is 0 Å². The summed E-state index contributed by atoms with van der Waals surface area (Å²) in [7, 11) is 1.55. The van der Waals surface area contributed by atoms with Gasteiger partial charge in [-0.05, 0) is 36.8 Å². The Balaban J connectivity index is 1.61. The van der Waals surface area contributed by atoms with Crippen molar-refractivity contribution >= 4 is 45.6 Å². The monoisotopic (exact) mass is 436 g/mol. The van der Waals surface area contributed by atoms with E-state index in [1.807, 2.05) is 18.2 Å². The second-order valence-corrected chi connectivity index (χ2v) is 7.90. The molecule has 0 spiro atoms. The maximum absolute atomic E-state index is 12.4. The van der Waals surface area contributed by atoms with E-state index in [2.05, 4.69) is 10.3 Å². The zero-order valence-corrected chi connectivity index (χ0v) is 17.6. The molecule has 1 N–H and O–H groups in total. The van der Waals surface area contributed by atoms with E-state index in [4.69, 9.17) is 32.7 Å². The van der Waals surface area contributed by atoms with Crippen LogP contribution < -0.4 is 14.8 Å². The number of anilines is 1. The SMILES string of the molecule is COc1ccccc1OC(C)C(=O)Nc1ncc(Cc2ccc(Cl)cc2Cl)s1. The molecule has 3 aromatic rings. The molecule has 0 radical (unpaired) electrons. The Labute approximate surface area is 177 Å². The van der Waals surface area contributed by atoms with Crippen LogP contribution in [0.4, 0.5) is 5.13 Å². The minimum atomic E-state index is -0.714. The Morgan fingerprint density at radius 2 is 1.96 bits per heavy atom. The number of rotatable bonds is 7. The van der Waals surface area contributed by atoms with Crippen LogP contribution in [0.25, 0.3) is 0 Å². The van der Waals surface area contributed by atoms with Crippen LogP contribution in [0, 0.1) is 0 Å². The normalized spacial score (nSPS) is 11.7. The number of nitrogens with one attached hydrogen (secondary N) is 1. The number of para-hydroxylation sites is 2. The van der Waals surface area contributed by atoms with Crippen molar-refractivity contribution in [1.29, 1.82) is 0 Å². The molecule has 0 saturated heterocycles. The third-order valence-corrected chi connectivity index (χ3v) is 5.41. The number of thiazole rings is 1. The number of aromatic nitrogens is 1. The lowest BCUT2D eigenvalue weighted by atomic mass is 10.1. The first-order valence-electron chi connectivity index (χ1n) is 8.45. The maximum Gasteiger partial charge on any atom is 0.266 e. The van der Waals surface area contributed by atoms with Crippen LogP contribution in [0.2, 0.25) is 10.0 Å². The lowest BCUT2D eigenvalue weighted by molar-refractivity contribution is -0.122. The number of nitrogens with zero attached hydrogens (tertiary/aromatic N) is 1. The molecule has 0 aliphatic carbocycles. The first-order chi connectivity index (χ1) is 13.5. The number of methoxy groups -OCH3 is 1. The molecule has 0 saturated carbocycles. The lowest BCUT2D eigenvalue weighted by Gasteiger charge is -2.15. The van der Waals surface area contributed by atoms with Crippen molar-refractivity contribution in [2.75, 3.05) is 12.4 Å². The summed E-state index contributed by atoms with van der Waals surface area (Å²) in [5, 5.41) is 4.47. The summed E-state index contributed by atoms with van der Waals surface area (Å²) >= 11 is 13.5. The van der Waals surface area contributed by atoms with Gasteiger partial charge in [-0.15, -0.1) is 11.3 Å². The Morgan fingerprint density at radius 1 is 1.21 bits per heavy atom. The van der Waals surface area contributed by atoms with Crippen LogP contribution in [0.1, 0.15) is 17.4 Å². The average Bonchev–Trinajstić information content (AvgIpc) is 3.11. The second kappa shape index (κ2) is 9.28. The van der Waals surface area contributed by atoms with Gasteiger partial charge in [-0.25, -0.2) is 4.98 Å². The summed E-state index contributed by atoms with van der Waals surface area (Å²) in [5.41, 5.74) is 0.945. The molecule has 0 fully saturated rings. The lowest BCUT2D eigenvalue weighted by Crippen LogP contribution is -2.30. The molecule has 146 valence electrons. The van der Waals surface area contributed by atoms with Crippen LogP contribution in [0.15, 0.2) is 48.7 Å². The molecule has 0 bridgehead atoms. The molecule has 0 aliphatic heterocycles. The van der Waals surface area contributed by atoms with Gasteiger partial charge in [-0.1, -0.05) is 41.4 Å². The summed E-state index contributed by atoms with van der Waals surface area (Å²) in [4.78, 5) is 17.7. The van der Waals surface area contributed by atoms with Crippen molar-refractivity contribution in [2.24, 2.45) is 0 Å². The highest BCUT2D eigenvalue weighted by atomic mass is 35.5. The highest BCUT2D eigenvalue weighted by molar-refractivity contribution is 7.15. The third kappa shape index (κ3) is 5.16. The summed E-state index contributed by atoms with van der Waals surface area (Å²) in [6, 6.07) is 12.6. The Hall–Kier alpha value is -2.28. The predicted molar refractivity (Wildman–Crippen MR) is 113 cm³/mol. The molecule has 28 heavy (non-hydrogen) atoms. The minimum Gasteiger partial charge on any atom is -0.493 e. The van der Waals surface area contributed by atoms with Crippen molar-refractivity contribution in [3.63, 3.8) is 0 Å². The van der Waals surface area contributed by atoms with Gasteiger partial charge in [0, 0.05) is 27.5 Å². The maximum atomic E-state index is 12.4. The number of benzene rings is 2. The number of carbonyl (C=O) groups is 1. The first kappa shape index (κ1) is 20.5. The van der Waals surface area contributed by atoms with Crippen molar-refractivity contribution < 1.29 is 14.3 Å². The zero-order chi connectivity index (χ0) is 20.1. The fourth-order valence-corrected chi connectivity index (χ4v) is 3.78. The van der Waals surface area contributed by atoms with Gasteiger partial charge in [0.05, 0.1) is 7.11 Å². The van der Waals surface area contributed by atoms with E-state index in [1.165, 1.54) is 11.3 Å². The molecule has 1 atom stereocenters. The van der Waals surface area contributed by atoms with Gasteiger partial charge in [0.15, 0.2) is 22.7 Å². The van der Waals surface area contributed by atoms with Gasteiger partial charge >= 0.3 is 0 Å². The van der Waals surface area contributed by atoms with E-state index in [0.29, 0.717) is 33.1 Å². The van der Waals surface area contributed by atoms with Crippen LogP contribution in [0.3, 0.4) is 0 Å². The number of amides is 1. The van der Waals surface area contributed by atoms with Gasteiger partial charge in [0.1, 0.15) is 0 Å². The molecule has 1 amide bonds. The Kier molecular flexibility index (Phi) is 6.78. The highest BCUT2D eigenvalue weighted by Gasteiger charge is 2.18. The van der Waals surface area contributed by atoms with Crippen molar-refractivity contribution in [3.8, 4) is 11.5 Å². The highest BCUT2D eigenvalue weighted by Crippen LogP contribution is 2.28. The van der Waals surface area contributed by atoms with Crippen molar-refractivity contribution in [3.05, 3.63) is 69.1 Å². The summed E-state index contributed by atoms with van der Waals surface area (Å²) in [6.45, 7) is 1.67. The Morgan fingerprint density at radius 3 is 2.68 bits per heavy atom. The molecule has 5 nitrogen and oxygen atoms in total. The van der Waals surface area contributed by atoms with E-state index < -0.39 is 6.10 Å². The van der Waals surface area contributed by atoms with E-state index in [1.54, 1.807) is 44.5 Å². The van der Waals surface area contributed by atoms with Crippen LogP contribution >= 0.6 is 34.5 Å². The molecule has 2 aromatic carbocycles. The zero-order valence-electron chi connectivity index (χ0n) is 15.2. The standard InChI is InChI=1S/C20H18Cl2N2O3S/c1-12(27-18-6-4-3-5-17(18)26-2)19(25)24-20-23-11-15(28-20)9-13-7-8-14(21)10-16(13)22/h3-8,10-12H,9H2,1-2H3,(H,23,24,25). The van der Waals surface area contributed by atoms with Crippen LogP contribution in [-0.4, -0.2) is 24.1 Å². The van der Waals surface area contributed by atoms with E-state index in [0.717, 1.165) is 10.4 Å². The van der Waals surface area contributed by atoms with Crippen molar-refractivity contribution in [1.82, 2.24) is 4.98 Å². The average molecular weight is 437 g/mol. The quantitative estimate of drug-likeness (QED) is 0.534.